The lowest BCUT2D eigenvalue weighted by molar-refractivity contribution is -0.645. The number of fused-ring (bicyclic) bond motifs is 2. The lowest BCUT2D eigenvalue weighted by Gasteiger charge is -2.14. The van der Waals surface area contributed by atoms with Gasteiger partial charge >= 0.3 is 0 Å². The minimum atomic E-state index is 0.703. The summed E-state index contributed by atoms with van der Waals surface area (Å²) in [6.07, 6.45) is 2.72. The molecule has 0 amide bonds. The van der Waals surface area contributed by atoms with Crippen molar-refractivity contribution in [3.8, 4) is 6.07 Å². The van der Waals surface area contributed by atoms with E-state index in [0.29, 0.717) is 6.42 Å². The molecular weight excluding hydrogens is 306 g/mol. The summed E-state index contributed by atoms with van der Waals surface area (Å²) in [6, 6.07) is 15.1. The van der Waals surface area contributed by atoms with Crippen molar-refractivity contribution < 1.29 is 4.57 Å². The Morgan fingerprint density at radius 3 is 2.36 bits per heavy atom. The van der Waals surface area contributed by atoms with Crippen LogP contribution in [0.4, 0.5) is 5.69 Å². The topological polar surface area (TPSA) is 30.9 Å². The lowest BCUT2D eigenvalue weighted by atomic mass is 10.0. The zero-order chi connectivity index (χ0) is 18.0. The molecule has 1 aromatic heterocycles. The number of nitriles is 1. The Hall–Kier alpha value is -2.60. The molecule has 25 heavy (non-hydrogen) atoms. The van der Waals surface area contributed by atoms with E-state index in [4.69, 9.17) is 6.92 Å². The van der Waals surface area contributed by atoms with Gasteiger partial charge in [0.25, 0.3) is 0 Å². The van der Waals surface area contributed by atoms with E-state index in [1.165, 1.54) is 5.56 Å². The third-order valence-corrected chi connectivity index (χ3v) is 4.72. The maximum Gasteiger partial charge on any atom is 0.216 e. The van der Waals surface area contributed by atoms with Crippen molar-refractivity contribution in [2.45, 2.75) is 32.7 Å². The highest BCUT2D eigenvalue weighted by atomic mass is 15.1. The predicted molar refractivity (Wildman–Crippen MR) is 104 cm³/mol. The number of unbranched alkanes of at least 4 members (excludes halogenated alkanes) is 2. The van der Waals surface area contributed by atoms with Gasteiger partial charge in [0.15, 0.2) is 0 Å². The molecule has 0 atom stereocenters. The van der Waals surface area contributed by atoms with Crippen molar-refractivity contribution >= 4 is 27.5 Å². The lowest BCUT2D eigenvalue weighted by Crippen LogP contribution is -2.36. The Morgan fingerprint density at radius 1 is 1.04 bits per heavy atom. The third kappa shape index (κ3) is 3.17. The summed E-state index contributed by atoms with van der Waals surface area (Å²) in [5.41, 5.74) is 5.32. The highest BCUT2D eigenvalue weighted by molar-refractivity contribution is 5.97. The summed E-state index contributed by atoms with van der Waals surface area (Å²) in [5.74, 6) is 0. The molecule has 3 nitrogen and oxygen atoms in total. The molecular formula is C22H24N3+. The highest BCUT2D eigenvalue weighted by Gasteiger charge is 2.21. The van der Waals surface area contributed by atoms with Crippen LogP contribution < -0.4 is 9.47 Å². The molecule has 3 aromatic rings. The van der Waals surface area contributed by atoms with Crippen LogP contribution in [0.25, 0.3) is 21.8 Å². The zero-order valence-corrected chi connectivity index (χ0v) is 15.2. The summed E-state index contributed by atoms with van der Waals surface area (Å²) < 4.78 is 2.35. The minimum Gasteiger partial charge on any atom is -0.377 e. The van der Waals surface area contributed by atoms with Gasteiger partial charge in [-0.25, -0.2) is 0 Å². The number of hydrogen-bond acceptors (Lipinski definition) is 2. The SMILES string of the molecule is [CH]CCCC[n+]1c2cc(C)ccc2c(C#N)c2ccc(N(C)C)cc21. The maximum atomic E-state index is 9.80. The van der Waals surface area contributed by atoms with Gasteiger partial charge in [-0.3, -0.25) is 0 Å². The average Bonchev–Trinajstić information content (AvgIpc) is 2.61. The highest BCUT2D eigenvalue weighted by Crippen LogP contribution is 2.28. The Balaban J connectivity index is 2.39. The van der Waals surface area contributed by atoms with Gasteiger partial charge in [-0.1, -0.05) is 6.07 Å². The molecule has 0 fully saturated rings. The van der Waals surface area contributed by atoms with Crippen molar-refractivity contribution in [1.29, 1.82) is 5.26 Å². The molecule has 3 heteroatoms. The maximum absolute atomic E-state index is 9.80. The van der Waals surface area contributed by atoms with Crippen LogP contribution in [-0.2, 0) is 6.54 Å². The van der Waals surface area contributed by atoms with Gasteiger partial charge in [-0.05, 0) is 50.5 Å². The fourth-order valence-electron chi connectivity index (χ4n) is 3.36. The Kier molecular flexibility index (Phi) is 4.90. The summed E-state index contributed by atoms with van der Waals surface area (Å²) in [6.45, 7) is 8.69. The number of aryl methyl sites for hydroxylation is 2. The molecule has 0 unspecified atom stereocenters. The minimum absolute atomic E-state index is 0.703. The van der Waals surface area contributed by atoms with Gasteiger partial charge in [-0.2, -0.15) is 9.83 Å². The van der Waals surface area contributed by atoms with Crippen molar-refractivity contribution in [2.75, 3.05) is 19.0 Å². The second-order valence-corrected chi connectivity index (χ2v) is 6.75. The van der Waals surface area contributed by atoms with Crippen LogP contribution >= 0.6 is 0 Å². The van der Waals surface area contributed by atoms with E-state index in [2.05, 4.69) is 58.9 Å². The number of rotatable bonds is 5. The first-order chi connectivity index (χ1) is 12.1. The first-order valence-corrected chi connectivity index (χ1v) is 8.74. The average molecular weight is 330 g/mol. The number of nitrogens with zero attached hydrogens (tertiary/aromatic N) is 3. The first-order valence-electron chi connectivity index (χ1n) is 8.74. The van der Waals surface area contributed by atoms with Crippen molar-refractivity contribution in [3.63, 3.8) is 0 Å². The second-order valence-electron chi connectivity index (χ2n) is 6.75. The molecule has 0 aliphatic heterocycles. The molecule has 0 bridgehead atoms. The Labute approximate surface area is 150 Å². The molecule has 0 saturated heterocycles. The molecule has 0 aliphatic rings. The molecule has 0 saturated carbocycles. The van der Waals surface area contributed by atoms with Crippen LogP contribution in [0.1, 0.15) is 30.4 Å². The molecule has 0 aliphatic carbocycles. The molecule has 126 valence electrons. The second kappa shape index (κ2) is 7.11. The number of hydrogen-bond donors (Lipinski definition) is 0. The van der Waals surface area contributed by atoms with Gasteiger partial charge in [0, 0.05) is 38.3 Å². The zero-order valence-electron chi connectivity index (χ0n) is 15.2. The van der Waals surface area contributed by atoms with Crippen molar-refractivity contribution in [3.05, 3.63) is 54.4 Å². The van der Waals surface area contributed by atoms with Gasteiger partial charge in [0.2, 0.25) is 11.0 Å². The molecule has 2 aromatic carbocycles. The molecule has 1 heterocycles. The van der Waals surface area contributed by atoms with E-state index in [0.717, 1.165) is 52.4 Å². The summed E-state index contributed by atoms with van der Waals surface area (Å²) in [5, 5.41) is 11.8. The van der Waals surface area contributed by atoms with Crippen LogP contribution in [-0.4, -0.2) is 14.1 Å². The monoisotopic (exact) mass is 330 g/mol. The van der Waals surface area contributed by atoms with Crippen LogP contribution in [0.2, 0.25) is 0 Å². The molecule has 0 N–H and O–H groups in total. The van der Waals surface area contributed by atoms with Crippen LogP contribution in [0.15, 0.2) is 36.4 Å². The van der Waals surface area contributed by atoms with Crippen LogP contribution in [0, 0.1) is 25.2 Å². The van der Waals surface area contributed by atoms with Crippen LogP contribution in [0.5, 0.6) is 0 Å². The first kappa shape index (κ1) is 17.2. The van der Waals surface area contributed by atoms with Gasteiger partial charge in [0.1, 0.15) is 12.6 Å². The summed E-state index contributed by atoms with van der Waals surface area (Å²) >= 11 is 0. The standard InChI is InChI=1S/C22H24N3/c1-5-6-7-12-25-21-13-16(2)8-10-18(21)20(15-23)19-11-9-17(24(3)4)14-22(19)25/h1,8-11,13-14H,5-7,12H2,2-4H3/q+1. The molecule has 3 rings (SSSR count). The molecule has 2 radical (unpaired) electrons. The van der Waals surface area contributed by atoms with Gasteiger partial charge in [0.05, 0.1) is 16.3 Å². The van der Waals surface area contributed by atoms with Crippen molar-refractivity contribution in [1.82, 2.24) is 0 Å². The van der Waals surface area contributed by atoms with Gasteiger partial charge in [-0.15, -0.1) is 0 Å². The van der Waals surface area contributed by atoms with Crippen LogP contribution in [0.3, 0.4) is 0 Å². The Bertz CT molecular complexity index is 965. The normalized spacial score (nSPS) is 11.0. The van der Waals surface area contributed by atoms with E-state index in [1.54, 1.807) is 0 Å². The van der Waals surface area contributed by atoms with E-state index in [1.807, 2.05) is 14.1 Å². The van der Waals surface area contributed by atoms with E-state index in [-0.39, 0.29) is 0 Å². The number of benzene rings is 2. The van der Waals surface area contributed by atoms with E-state index in [9.17, 15) is 5.26 Å². The van der Waals surface area contributed by atoms with E-state index >= 15 is 0 Å². The number of aromatic nitrogens is 1. The van der Waals surface area contributed by atoms with Gasteiger partial charge < -0.3 is 4.90 Å². The molecule has 0 spiro atoms. The fourth-order valence-corrected chi connectivity index (χ4v) is 3.36. The number of anilines is 1. The number of pyridine rings is 1. The predicted octanol–water partition coefficient (Wildman–Crippen LogP) is 4.41. The Morgan fingerprint density at radius 2 is 1.72 bits per heavy atom. The van der Waals surface area contributed by atoms with Crippen molar-refractivity contribution in [2.24, 2.45) is 0 Å². The summed E-state index contributed by atoms with van der Waals surface area (Å²) in [4.78, 5) is 2.09. The largest absolute Gasteiger partial charge is 0.377 e. The fraction of sp³-hybridized carbons (Fsp3) is 0.318. The third-order valence-electron chi connectivity index (χ3n) is 4.72. The van der Waals surface area contributed by atoms with E-state index < -0.39 is 0 Å². The quantitative estimate of drug-likeness (QED) is 0.394. The summed E-state index contributed by atoms with van der Waals surface area (Å²) in [7, 11) is 4.08. The smallest absolute Gasteiger partial charge is 0.216 e.